The maximum absolute atomic E-state index is 12.5. The molecule has 1 aliphatic rings. The van der Waals surface area contributed by atoms with E-state index < -0.39 is 0 Å². The maximum Gasteiger partial charge on any atom is 0.223 e. The minimum absolute atomic E-state index is 0.257. The van der Waals surface area contributed by atoms with Crippen LogP contribution in [-0.4, -0.2) is 17.4 Å². The standard InChI is InChI=1S/C17H18BrNOS/c18-15-6-4-14(5-7-15)16-2-1-10-19(16)17(20)8-3-13-9-11-21-12-13/h4-7,9,11-12,16H,1-3,8,10H2. The van der Waals surface area contributed by atoms with E-state index in [4.69, 9.17) is 0 Å². The molecule has 1 fully saturated rings. The fraction of sp³-hybridized carbons (Fsp3) is 0.353. The van der Waals surface area contributed by atoms with Gasteiger partial charge in [0.15, 0.2) is 0 Å². The smallest absolute Gasteiger partial charge is 0.223 e. The highest BCUT2D eigenvalue weighted by Crippen LogP contribution is 2.33. The fourth-order valence-corrected chi connectivity index (χ4v) is 3.89. The van der Waals surface area contributed by atoms with E-state index in [0.29, 0.717) is 6.42 Å². The van der Waals surface area contributed by atoms with Gasteiger partial charge in [0, 0.05) is 17.4 Å². The van der Waals surface area contributed by atoms with Crippen molar-refractivity contribution in [3.63, 3.8) is 0 Å². The van der Waals surface area contributed by atoms with Crippen molar-refractivity contribution in [3.8, 4) is 0 Å². The summed E-state index contributed by atoms with van der Waals surface area (Å²) in [4.78, 5) is 14.6. The van der Waals surface area contributed by atoms with Crippen LogP contribution in [0.15, 0.2) is 45.6 Å². The minimum Gasteiger partial charge on any atom is -0.336 e. The second-order valence-electron chi connectivity index (χ2n) is 5.43. The lowest BCUT2D eigenvalue weighted by atomic mass is 10.0. The second-order valence-corrected chi connectivity index (χ2v) is 7.12. The number of hydrogen-bond acceptors (Lipinski definition) is 2. The number of benzene rings is 1. The Hall–Kier alpha value is -1.13. The quantitative estimate of drug-likeness (QED) is 0.763. The van der Waals surface area contributed by atoms with Crippen LogP contribution in [0.3, 0.4) is 0 Å². The molecule has 0 spiro atoms. The number of carbonyl (C=O) groups is 1. The molecule has 0 N–H and O–H groups in total. The Balaban J connectivity index is 1.65. The molecule has 21 heavy (non-hydrogen) atoms. The Kier molecular flexibility index (Phi) is 4.76. The van der Waals surface area contributed by atoms with Crippen LogP contribution in [0, 0.1) is 0 Å². The molecule has 1 aromatic carbocycles. The van der Waals surface area contributed by atoms with Crippen LogP contribution < -0.4 is 0 Å². The average molecular weight is 364 g/mol. The summed E-state index contributed by atoms with van der Waals surface area (Å²) in [5.41, 5.74) is 2.52. The largest absolute Gasteiger partial charge is 0.336 e. The van der Waals surface area contributed by atoms with Crippen LogP contribution >= 0.6 is 27.3 Å². The molecule has 0 aliphatic carbocycles. The molecular formula is C17H18BrNOS. The van der Waals surface area contributed by atoms with Crippen LogP contribution in [0.1, 0.15) is 36.4 Å². The molecule has 110 valence electrons. The SMILES string of the molecule is O=C(CCc1ccsc1)N1CCCC1c1ccc(Br)cc1. The number of carbonyl (C=O) groups excluding carboxylic acids is 1. The van der Waals surface area contributed by atoms with E-state index in [1.807, 2.05) is 0 Å². The van der Waals surface area contributed by atoms with Crippen LogP contribution in [0.5, 0.6) is 0 Å². The Bertz CT molecular complexity index is 594. The predicted molar refractivity (Wildman–Crippen MR) is 90.5 cm³/mol. The first kappa shape index (κ1) is 14.8. The molecule has 0 radical (unpaired) electrons. The van der Waals surface area contributed by atoms with E-state index >= 15 is 0 Å². The first-order chi connectivity index (χ1) is 10.2. The summed E-state index contributed by atoms with van der Waals surface area (Å²) < 4.78 is 1.08. The number of thiophene rings is 1. The van der Waals surface area contributed by atoms with Crippen molar-refractivity contribution >= 4 is 33.2 Å². The molecule has 1 aliphatic heterocycles. The molecular weight excluding hydrogens is 346 g/mol. The second kappa shape index (κ2) is 6.75. The lowest BCUT2D eigenvalue weighted by Crippen LogP contribution is -2.30. The Morgan fingerprint density at radius 3 is 2.81 bits per heavy atom. The Morgan fingerprint density at radius 1 is 1.29 bits per heavy atom. The molecule has 2 aromatic rings. The highest BCUT2D eigenvalue weighted by molar-refractivity contribution is 9.10. The van der Waals surface area contributed by atoms with Gasteiger partial charge in [-0.15, -0.1) is 0 Å². The molecule has 1 aromatic heterocycles. The summed E-state index contributed by atoms with van der Waals surface area (Å²) in [6.07, 6.45) is 3.65. The number of hydrogen-bond donors (Lipinski definition) is 0. The third-order valence-corrected chi connectivity index (χ3v) is 5.30. The van der Waals surface area contributed by atoms with E-state index in [2.05, 4.69) is 61.9 Å². The van der Waals surface area contributed by atoms with Gasteiger partial charge in [-0.2, -0.15) is 11.3 Å². The summed E-state index contributed by atoms with van der Waals surface area (Å²) in [5.74, 6) is 0.284. The lowest BCUT2D eigenvalue weighted by molar-refractivity contribution is -0.132. The topological polar surface area (TPSA) is 20.3 Å². The van der Waals surface area contributed by atoms with Gasteiger partial charge in [-0.05, 0) is 59.3 Å². The Morgan fingerprint density at radius 2 is 2.10 bits per heavy atom. The zero-order chi connectivity index (χ0) is 14.7. The highest BCUT2D eigenvalue weighted by Gasteiger charge is 2.29. The molecule has 0 saturated carbocycles. The fourth-order valence-electron chi connectivity index (χ4n) is 2.93. The zero-order valence-corrected chi connectivity index (χ0v) is 14.2. The van der Waals surface area contributed by atoms with Crippen LogP contribution in [-0.2, 0) is 11.2 Å². The number of likely N-dealkylation sites (tertiary alicyclic amines) is 1. The molecule has 2 nitrogen and oxygen atoms in total. The van der Waals surface area contributed by atoms with Gasteiger partial charge in [-0.1, -0.05) is 28.1 Å². The van der Waals surface area contributed by atoms with Crippen molar-refractivity contribution in [2.75, 3.05) is 6.54 Å². The van der Waals surface area contributed by atoms with Gasteiger partial charge in [0.2, 0.25) is 5.91 Å². The molecule has 1 unspecified atom stereocenters. The number of amides is 1. The first-order valence-corrected chi connectivity index (χ1v) is 9.03. The number of nitrogens with zero attached hydrogens (tertiary/aromatic N) is 1. The monoisotopic (exact) mass is 363 g/mol. The average Bonchev–Trinajstić information content (AvgIpc) is 3.17. The van der Waals surface area contributed by atoms with Crippen molar-refractivity contribution in [2.45, 2.75) is 31.7 Å². The molecule has 0 bridgehead atoms. The van der Waals surface area contributed by atoms with Crippen LogP contribution in [0.25, 0.3) is 0 Å². The van der Waals surface area contributed by atoms with Gasteiger partial charge in [0.25, 0.3) is 0 Å². The Labute approximate surface area is 137 Å². The van der Waals surface area contributed by atoms with E-state index in [-0.39, 0.29) is 11.9 Å². The van der Waals surface area contributed by atoms with E-state index in [9.17, 15) is 4.79 Å². The van der Waals surface area contributed by atoms with E-state index in [1.54, 1.807) is 11.3 Å². The summed E-state index contributed by atoms with van der Waals surface area (Å²) in [5, 5.41) is 4.20. The van der Waals surface area contributed by atoms with Crippen molar-refractivity contribution in [1.29, 1.82) is 0 Å². The van der Waals surface area contributed by atoms with Gasteiger partial charge in [0.05, 0.1) is 6.04 Å². The van der Waals surface area contributed by atoms with Gasteiger partial charge in [-0.25, -0.2) is 0 Å². The summed E-state index contributed by atoms with van der Waals surface area (Å²) in [6.45, 7) is 0.892. The van der Waals surface area contributed by atoms with Gasteiger partial charge < -0.3 is 4.90 Å². The first-order valence-electron chi connectivity index (χ1n) is 7.30. The predicted octanol–water partition coefficient (Wildman–Crippen LogP) is 4.81. The van der Waals surface area contributed by atoms with Gasteiger partial charge >= 0.3 is 0 Å². The molecule has 1 saturated heterocycles. The van der Waals surface area contributed by atoms with E-state index in [0.717, 1.165) is 30.3 Å². The molecule has 2 heterocycles. The lowest BCUT2D eigenvalue weighted by Gasteiger charge is -2.25. The summed E-state index contributed by atoms with van der Waals surface area (Å²) >= 11 is 5.16. The zero-order valence-electron chi connectivity index (χ0n) is 11.8. The highest BCUT2D eigenvalue weighted by atomic mass is 79.9. The summed E-state index contributed by atoms with van der Waals surface area (Å²) in [6, 6.07) is 10.7. The van der Waals surface area contributed by atoms with Gasteiger partial charge in [0.1, 0.15) is 0 Å². The third-order valence-electron chi connectivity index (χ3n) is 4.04. The maximum atomic E-state index is 12.5. The number of halogens is 1. The van der Waals surface area contributed by atoms with Crippen LogP contribution in [0.2, 0.25) is 0 Å². The van der Waals surface area contributed by atoms with Crippen LogP contribution in [0.4, 0.5) is 0 Å². The van der Waals surface area contributed by atoms with Crippen molar-refractivity contribution < 1.29 is 4.79 Å². The number of aryl methyl sites for hydroxylation is 1. The van der Waals surface area contributed by atoms with Crippen molar-refractivity contribution in [3.05, 3.63) is 56.7 Å². The van der Waals surface area contributed by atoms with Crippen molar-refractivity contribution in [2.24, 2.45) is 0 Å². The molecule has 4 heteroatoms. The summed E-state index contributed by atoms with van der Waals surface area (Å²) in [7, 11) is 0. The number of rotatable bonds is 4. The molecule has 1 amide bonds. The molecule has 3 rings (SSSR count). The van der Waals surface area contributed by atoms with Crippen molar-refractivity contribution in [1.82, 2.24) is 4.90 Å². The van der Waals surface area contributed by atoms with E-state index in [1.165, 1.54) is 11.1 Å². The van der Waals surface area contributed by atoms with Gasteiger partial charge in [-0.3, -0.25) is 4.79 Å². The normalized spacial score (nSPS) is 18.1. The minimum atomic E-state index is 0.257. The third kappa shape index (κ3) is 3.55. The molecule has 1 atom stereocenters.